The van der Waals surface area contributed by atoms with Gasteiger partial charge in [0.2, 0.25) is 5.91 Å². The number of ether oxygens (including phenoxy) is 1. The van der Waals surface area contributed by atoms with Gasteiger partial charge in [0.15, 0.2) is 0 Å². The van der Waals surface area contributed by atoms with Crippen molar-refractivity contribution in [2.24, 2.45) is 0 Å². The van der Waals surface area contributed by atoms with E-state index in [0.29, 0.717) is 6.54 Å². The third kappa shape index (κ3) is 4.83. The first-order valence-electron chi connectivity index (χ1n) is 8.41. The van der Waals surface area contributed by atoms with E-state index in [1.54, 1.807) is 24.3 Å². The van der Waals surface area contributed by atoms with Crippen molar-refractivity contribution < 1.29 is 22.1 Å². The molecule has 1 fully saturated rings. The molecule has 1 heterocycles. The predicted molar refractivity (Wildman–Crippen MR) is 96.5 cm³/mol. The Morgan fingerprint density at radius 1 is 1.12 bits per heavy atom. The van der Waals surface area contributed by atoms with Crippen LogP contribution in [-0.2, 0) is 26.1 Å². The number of nitrogens with one attached hydrogen (secondary N) is 1. The molecule has 1 atom stereocenters. The highest BCUT2D eigenvalue weighted by Crippen LogP contribution is 2.20. The number of amides is 1. The molecule has 0 aromatic heterocycles. The van der Waals surface area contributed by atoms with Gasteiger partial charge < -0.3 is 14.2 Å². The molecule has 0 aliphatic carbocycles. The molecule has 0 saturated carbocycles. The fraction of sp³-hybridized carbons (Fsp3) is 0.316. The molecule has 3 rings (SSSR count). The maximum Gasteiger partial charge on any atom is 0.339 e. The summed E-state index contributed by atoms with van der Waals surface area (Å²) < 4.78 is 35.2. The lowest BCUT2D eigenvalue weighted by Gasteiger charge is -2.23. The average Bonchev–Trinajstić information content (AvgIpc) is 2.62. The minimum Gasteiger partial charge on any atom is -0.379 e. The summed E-state index contributed by atoms with van der Waals surface area (Å²) in [5, 5.41) is 2.77. The normalized spacial score (nSPS) is 17.6. The van der Waals surface area contributed by atoms with Crippen LogP contribution in [0.4, 0.5) is 0 Å². The van der Waals surface area contributed by atoms with Crippen molar-refractivity contribution in [1.29, 1.82) is 0 Å². The summed E-state index contributed by atoms with van der Waals surface area (Å²) in [5.41, 5.74) is 2.03. The third-order valence-electron chi connectivity index (χ3n) is 4.17. The second-order valence-electron chi connectivity index (χ2n) is 6.27. The Labute approximate surface area is 153 Å². The highest BCUT2D eigenvalue weighted by Gasteiger charge is 2.18. The summed E-state index contributed by atoms with van der Waals surface area (Å²) in [6.07, 6.45) is 1.55. The zero-order valence-electron chi connectivity index (χ0n) is 14.5. The highest BCUT2D eigenvalue weighted by molar-refractivity contribution is 7.87. The van der Waals surface area contributed by atoms with Crippen LogP contribution in [0, 0.1) is 6.92 Å². The fourth-order valence-electron chi connectivity index (χ4n) is 2.64. The zero-order chi connectivity index (χ0) is 18.6. The van der Waals surface area contributed by atoms with Gasteiger partial charge in [-0.15, -0.1) is 0 Å². The van der Waals surface area contributed by atoms with Crippen molar-refractivity contribution >= 4 is 16.0 Å². The van der Waals surface area contributed by atoms with Gasteiger partial charge in [-0.2, -0.15) is 8.42 Å². The van der Waals surface area contributed by atoms with Crippen LogP contribution in [0.2, 0.25) is 0 Å². The largest absolute Gasteiger partial charge is 0.379 e. The van der Waals surface area contributed by atoms with Crippen molar-refractivity contribution in [2.75, 3.05) is 13.2 Å². The molecule has 1 aliphatic heterocycles. The van der Waals surface area contributed by atoms with E-state index in [1.165, 1.54) is 12.1 Å². The standard InChI is InChI=1S/C19H21NO5S/c1-14-2-10-18(11-3-14)26(22,23)25-16-7-4-15(5-8-16)6-9-17-12-20-19(21)13-24-17/h2-5,7-8,10-11,17H,6,9,12-13H2,1H3,(H,20,21). The van der Waals surface area contributed by atoms with Gasteiger partial charge in [-0.3, -0.25) is 4.79 Å². The summed E-state index contributed by atoms with van der Waals surface area (Å²) >= 11 is 0. The van der Waals surface area contributed by atoms with Gasteiger partial charge in [0.05, 0.1) is 6.10 Å². The number of aryl methyl sites for hydroxylation is 2. The van der Waals surface area contributed by atoms with Gasteiger partial charge in [0.1, 0.15) is 17.3 Å². The Hall–Kier alpha value is -2.38. The van der Waals surface area contributed by atoms with Crippen LogP contribution >= 0.6 is 0 Å². The first-order chi connectivity index (χ1) is 12.4. The van der Waals surface area contributed by atoms with Gasteiger partial charge in [-0.25, -0.2) is 0 Å². The topological polar surface area (TPSA) is 81.7 Å². The smallest absolute Gasteiger partial charge is 0.339 e. The van der Waals surface area contributed by atoms with Crippen molar-refractivity contribution in [2.45, 2.75) is 30.8 Å². The molecule has 2 aromatic carbocycles. The van der Waals surface area contributed by atoms with Gasteiger partial charge in [0.25, 0.3) is 0 Å². The Kier molecular flexibility index (Phi) is 5.58. The average molecular weight is 375 g/mol. The second-order valence-corrected chi connectivity index (χ2v) is 7.82. The highest BCUT2D eigenvalue weighted by atomic mass is 32.2. The molecule has 26 heavy (non-hydrogen) atoms. The maximum absolute atomic E-state index is 12.3. The van der Waals surface area contributed by atoms with Crippen LogP contribution in [0.3, 0.4) is 0 Å². The molecule has 1 amide bonds. The van der Waals surface area contributed by atoms with E-state index >= 15 is 0 Å². The number of benzene rings is 2. The zero-order valence-corrected chi connectivity index (χ0v) is 15.3. The molecular weight excluding hydrogens is 354 g/mol. The molecule has 0 spiro atoms. The SMILES string of the molecule is Cc1ccc(S(=O)(=O)Oc2ccc(CCC3CNC(=O)CO3)cc2)cc1. The second kappa shape index (κ2) is 7.88. The molecular formula is C19H21NO5S. The number of rotatable bonds is 6. The molecule has 1 saturated heterocycles. The lowest BCUT2D eigenvalue weighted by molar-refractivity contribution is -0.133. The quantitative estimate of drug-likeness (QED) is 0.783. The van der Waals surface area contributed by atoms with E-state index in [0.717, 1.165) is 24.0 Å². The predicted octanol–water partition coefficient (Wildman–Crippen LogP) is 2.21. The Morgan fingerprint density at radius 3 is 2.42 bits per heavy atom. The van der Waals surface area contributed by atoms with Crippen LogP contribution in [0.15, 0.2) is 53.4 Å². The van der Waals surface area contributed by atoms with E-state index < -0.39 is 10.1 Å². The van der Waals surface area contributed by atoms with E-state index in [2.05, 4.69) is 5.32 Å². The monoisotopic (exact) mass is 375 g/mol. The van der Waals surface area contributed by atoms with Gasteiger partial charge in [-0.1, -0.05) is 29.8 Å². The Balaban J connectivity index is 1.57. The molecule has 0 bridgehead atoms. The molecule has 0 radical (unpaired) electrons. The van der Waals surface area contributed by atoms with E-state index in [9.17, 15) is 13.2 Å². The maximum atomic E-state index is 12.3. The molecule has 2 aromatic rings. The molecule has 1 unspecified atom stereocenters. The third-order valence-corrected chi connectivity index (χ3v) is 5.43. The van der Waals surface area contributed by atoms with Crippen LogP contribution in [-0.4, -0.2) is 33.6 Å². The number of morpholine rings is 1. The first kappa shape index (κ1) is 18.4. The number of carbonyl (C=O) groups excluding carboxylic acids is 1. The Morgan fingerprint density at radius 2 is 1.81 bits per heavy atom. The molecule has 7 heteroatoms. The van der Waals surface area contributed by atoms with Crippen molar-refractivity contribution in [3.8, 4) is 5.75 Å². The minimum atomic E-state index is -3.84. The summed E-state index contributed by atoms with van der Waals surface area (Å²) in [5.74, 6) is 0.188. The van der Waals surface area contributed by atoms with Crippen molar-refractivity contribution in [3.05, 3.63) is 59.7 Å². The van der Waals surface area contributed by atoms with E-state index in [1.807, 2.05) is 19.1 Å². The van der Waals surface area contributed by atoms with Crippen LogP contribution in [0.25, 0.3) is 0 Å². The van der Waals surface area contributed by atoms with Crippen molar-refractivity contribution in [3.63, 3.8) is 0 Å². The first-order valence-corrected chi connectivity index (χ1v) is 9.81. The van der Waals surface area contributed by atoms with E-state index in [-0.39, 0.29) is 29.3 Å². The minimum absolute atomic E-state index is 0.00513. The number of hydrogen-bond donors (Lipinski definition) is 1. The summed E-state index contributed by atoms with van der Waals surface area (Å²) in [7, 11) is -3.84. The lowest BCUT2D eigenvalue weighted by atomic mass is 10.1. The van der Waals surface area contributed by atoms with Crippen LogP contribution in [0.1, 0.15) is 17.5 Å². The molecule has 1 N–H and O–H groups in total. The molecule has 138 valence electrons. The van der Waals surface area contributed by atoms with Crippen LogP contribution in [0.5, 0.6) is 5.75 Å². The molecule has 6 nitrogen and oxygen atoms in total. The van der Waals surface area contributed by atoms with Crippen LogP contribution < -0.4 is 9.50 Å². The fourth-order valence-corrected chi connectivity index (χ4v) is 3.57. The van der Waals surface area contributed by atoms with Gasteiger partial charge in [-0.05, 0) is 49.6 Å². The summed E-state index contributed by atoms with van der Waals surface area (Å²) in [4.78, 5) is 11.2. The number of hydrogen-bond acceptors (Lipinski definition) is 5. The molecule has 1 aliphatic rings. The van der Waals surface area contributed by atoms with E-state index in [4.69, 9.17) is 8.92 Å². The number of carbonyl (C=O) groups is 1. The lowest BCUT2D eigenvalue weighted by Crippen LogP contribution is -2.43. The van der Waals surface area contributed by atoms with Crippen molar-refractivity contribution in [1.82, 2.24) is 5.32 Å². The van der Waals surface area contributed by atoms with Gasteiger partial charge in [0, 0.05) is 6.54 Å². The van der Waals surface area contributed by atoms with Gasteiger partial charge >= 0.3 is 10.1 Å². The summed E-state index contributed by atoms with van der Waals surface area (Å²) in [6.45, 7) is 2.52. The Bertz CT molecular complexity index is 850. The summed E-state index contributed by atoms with van der Waals surface area (Å²) in [6, 6.07) is 13.5.